The molecule has 98 valence electrons. The van der Waals surface area contributed by atoms with E-state index in [0.717, 1.165) is 12.1 Å². The zero-order valence-electron chi connectivity index (χ0n) is 9.01. The first kappa shape index (κ1) is 14.5. The van der Waals surface area contributed by atoms with E-state index in [9.17, 15) is 17.6 Å². The Morgan fingerprint density at radius 2 is 2.00 bits per heavy atom. The molecule has 0 radical (unpaired) electrons. The maximum atomic E-state index is 13.5. The Morgan fingerprint density at radius 3 is 2.50 bits per heavy atom. The van der Waals surface area contributed by atoms with Gasteiger partial charge in [0.1, 0.15) is 10.8 Å². The fraction of sp³-hybridized carbons (Fsp3) is 0.111. The van der Waals surface area contributed by atoms with E-state index in [1.807, 2.05) is 4.72 Å². The maximum absolute atomic E-state index is 13.5. The third-order valence-electron chi connectivity index (χ3n) is 1.95. The molecule has 0 fully saturated rings. The average molecular weight is 291 g/mol. The van der Waals surface area contributed by atoms with Crippen LogP contribution in [-0.2, 0) is 14.8 Å². The zero-order chi connectivity index (χ0) is 13.9. The van der Waals surface area contributed by atoms with Crippen LogP contribution in [0.1, 0.15) is 5.56 Å². The second kappa shape index (κ2) is 5.38. The molecule has 1 rings (SSSR count). The van der Waals surface area contributed by atoms with Gasteiger partial charge in [-0.3, -0.25) is 4.79 Å². The highest BCUT2D eigenvalue weighted by molar-refractivity contribution is 7.89. The van der Waals surface area contributed by atoms with Crippen molar-refractivity contribution in [3.05, 3.63) is 29.6 Å². The standard InChI is InChI=1S/C9H10FN3O3S2/c10-5-2-1-3-6(8(5)9(12)17)18(15,16)13-4-7(11)14/h1-3,13H,4H2,(H2,11,14)(H2,12,17). The van der Waals surface area contributed by atoms with Crippen molar-refractivity contribution in [1.29, 1.82) is 0 Å². The summed E-state index contributed by atoms with van der Waals surface area (Å²) in [6.45, 7) is -0.602. The molecular formula is C9H10FN3O3S2. The molecule has 0 bridgehead atoms. The van der Waals surface area contributed by atoms with Gasteiger partial charge in [-0.2, -0.15) is 0 Å². The van der Waals surface area contributed by atoms with Crippen molar-refractivity contribution >= 4 is 33.1 Å². The summed E-state index contributed by atoms with van der Waals surface area (Å²) in [6, 6.07) is 3.35. The number of carbonyl (C=O) groups excluding carboxylic acids is 1. The van der Waals surface area contributed by atoms with Crippen molar-refractivity contribution in [2.24, 2.45) is 11.5 Å². The van der Waals surface area contributed by atoms with Gasteiger partial charge in [-0.05, 0) is 12.1 Å². The number of rotatable bonds is 5. The van der Waals surface area contributed by atoms with Gasteiger partial charge in [0.2, 0.25) is 15.9 Å². The molecule has 0 aliphatic carbocycles. The first-order valence-corrected chi connectivity index (χ1v) is 6.51. The van der Waals surface area contributed by atoms with Crippen molar-refractivity contribution in [3.63, 3.8) is 0 Å². The minimum Gasteiger partial charge on any atom is -0.389 e. The SMILES string of the molecule is NC(=O)CNS(=O)(=O)c1cccc(F)c1C(N)=S. The summed E-state index contributed by atoms with van der Waals surface area (Å²) in [6.07, 6.45) is 0. The maximum Gasteiger partial charge on any atom is 0.241 e. The van der Waals surface area contributed by atoms with Gasteiger partial charge >= 0.3 is 0 Å². The highest BCUT2D eigenvalue weighted by Gasteiger charge is 2.22. The molecule has 0 unspecified atom stereocenters. The molecule has 0 aliphatic heterocycles. The van der Waals surface area contributed by atoms with E-state index in [4.69, 9.17) is 11.5 Å². The fourth-order valence-electron chi connectivity index (χ4n) is 1.21. The summed E-state index contributed by atoms with van der Waals surface area (Å²) in [5.41, 5.74) is 9.69. The number of amides is 1. The van der Waals surface area contributed by atoms with Gasteiger partial charge in [0.15, 0.2) is 0 Å². The van der Waals surface area contributed by atoms with Crippen LogP contribution in [0, 0.1) is 5.82 Å². The smallest absolute Gasteiger partial charge is 0.241 e. The highest BCUT2D eigenvalue weighted by Crippen LogP contribution is 2.18. The monoisotopic (exact) mass is 291 g/mol. The van der Waals surface area contributed by atoms with Gasteiger partial charge in [-0.15, -0.1) is 0 Å². The molecule has 1 aromatic carbocycles. The molecule has 1 amide bonds. The zero-order valence-corrected chi connectivity index (χ0v) is 10.6. The molecule has 0 saturated heterocycles. The van der Waals surface area contributed by atoms with Crippen molar-refractivity contribution in [1.82, 2.24) is 4.72 Å². The van der Waals surface area contributed by atoms with Crippen LogP contribution in [-0.4, -0.2) is 25.9 Å². The molecule has 9 heteroatoms. The van der Waals surface area contributed by atoms with Crippen LogP contribution in [0.3, 0.4) is 0 Å². The lowest BCUT2D eigenvalue weighted by atomic mass is 10.2. The van der Waals surface area contributed by atoms with Gasteiger partial charge in [0.05, 0.1) is 17.0 Å². The molecule has 0 aromatic heterocycles. The third kappa shape index (κ3) is 3.22. The molecule has 6 nitrogen and oxygen atoms in total. The second-order valence-corrected chi connectivity index (χ2v) is 5.44. The number of hydrogen-bond acceptors (Lipinski definition) is 4. The summed E-state index contributed by atoms with van der Waals surface area (Å²) in [5.74, 6) is -1.73. The minimum absolute atomic E-state index is 0.396. The number of halogens is 1. The van der Waals surface area contributed by atoms with Crippen LogP contribution in [0.5, 0.6) is 0 Å². The first-order valence-electron chi connectivity index (χ1n) is 4.62. The second-order valence-electron chi connectivity index (χ2n) is 3.27. The summed E-state index contributed by atoms with van der Waals surface area (Å²) in [5, 5.41) is 0. The van der Waals surface area contributed by atoms with E-state index in [0.29, 0.717) is 0 Å². The topological polar surface area (TPSA) is 115 Å². The minimum atomic E-state index is -4.11. The molecule has 0 heterocycles. The van der Waals surface area contributed by atoms with E-state index in [-0.39, 0.29) is 0 Å². The summed E-state index contributed by atoms with van der Waals surface area (Å²) >= 11 is 4.60. The van der Waals surface area contributed by atoms with E-state index < -0.39 is 43.7 Å². The summed E-state index contributed by atoms with van der Waals surface area (Å²) in [7, 11) is -4.11. The number of nitrogens with one attached hydrogen (secondary N) is 1. The van der Waals surface area contributed by atoms with Gasteiger partial charge in [0.25, 0.3) is 0 Å². The Hall–Kier alpha value is -1.58. The average Bonchev–Trinajstić information content (AvgIpc) is 2.25. The van der Waals surface area contributed by atoms with E-state index in [2.05, 4.69) is 12.2 Å². The Kier molecular flexibility index (Phi) is 4.33. The van der Waals surface area contributed by atoms with Crippen molar-refractivity contribution in [2.45, 2.75) is 4.90 Å². The predicted octanol–water partition coefficient (Wildman–Crippen LogP) is -0.776. The number of benzene rings is 1. The molecule has 1 aromatic rings. The van der Waals surface area contributed by atoms with Gasteiger partial charge in [-0.1, -0.05) is 18.3 Å². The van der Waals surface area contributed by atoms with Crippen molar-refractivity contribution in [3.8, 4) is 0 Å². The largest absolute Gasteiger partial charge is 0.389 e. The molecule has 0 atom stereocenters. The molecule has 0 spiro atoms. The van der Waals surface area contributed by atoms with Crippen LogP contribution >= 0.6 is 12.2 Å². The molecule has 18 heavy (non-hydrogen) atoms. The van der Waals surface area contributed by atoms with Crippen LogP contribution in [0.2, 0.25) is 0 Å². The van der Waals surface area contributed by atoms with Crippen LogP contribution in [0.15, 0.2) is 23.1 Å². The number of thiocarbonyl (C=S) groups is 1. The number of primary amides is 1. The lowest BCUT2D eigenvalue weighted by Gasteiger charge is -2.10. The lowest BCUT2D eigenvalue weighted by molar-refractivity contribution is -0.116. The first-order chi connectivity index (χ1) is 8.25. The number of nitrogens with two attached hydrogens (primary N) is 2. The van der Waals surface area contributed by atoms with Crippen LogP contribution in [0.25, 0.3) is 0 Å². The predicted molar refractivity (Wildman–Crippen MR) is 66.7 cm³/mol. The lowest BCUT2D eigenvalue weighted by Crippen LogP contribution is -2.34. The van der Waals surface area contributed by atoms with Crippen molar-refractivity contribution < 1.29 is 17.6 Å². The highest BCUT2D eigenvalue weighted by atomic mass is 32.2. The number of hydrogen-bond donors (Lipinski definition) is 3. The van der Waals surface area contributed by atoms with E-state index in [1.54, 1.807) is 0 Å². The van der Waals surface area contributed by atoms with Crippen LogP contribution < -0.4 is 16.2 Å². The van der Waals surface area contributed by atoms with E-state index >= 15 is 0 Å². The number of carbonyl (C=O) groups is 1. The molecule has 0 saturated carbocycles. The molecule has 5 N–H and O–H groups in total. The fourth-order valence-corrected chi connectivity index (χ4v) is 2.71. The molecular weight excluding hydrogens is 281 g/mol. The summed E-state index contributed by atoms with van der Waals surface area (Å²) < 4.78 is 39.0. The number of sulfonamides is 1. The van der Waals surface area contributed by atoms with Gasteiger partial charge < -0.3 is 11.5 Å². The van der Waals surface area contributed by atoms with Gasteiger partial charge in [0, 0.05) is 0 Å². The Balaban J connectivity index is 3.28. The Labute approximate surface area is 108 Å². The third-order valence-corrected chi connectivity index (χ3v) is 3.60. The van der Waals surface area contributed by atoms with E-state index in [1.165, 1.54) is 6.07 Å². The normalized spacial score (nSPS) is 11.2. The molecule has 0 aliphatic rings. The van der Waals surface area contributed by atoms with Crippen LogP contribution in [0.4, 0.5) is 4.39 Å². The summed E-state index contributed by atoms with van der Waals surface area (Å²) in [4.78, 5) is 9.70. The Morgan fingerprint density at radius 1 is 1.39 bits per heavy atom. The Bertz CT molecular complexity index is 601. The van der Waals surface area contributed by atoms with Gasteiger partial charge in [-0.25, -0.2) is 17.5 Å². The quantitative estimate of drug-likeness (QED) is 0.616. The van der Waals surface area contributed by atoms with Crippen molar-refractivity contribution in [2.75, 3.05) is 6.54 Å².